The molecule has 0 aliphatic carbocycles. The number of nitrogens with one attached hydrogen (secondary N) is 1. The maximum Gasteiger partial charge on any atom is 0.303 e. The van der Waals surface area contributed by atoms with E-state index in [1.165, 1.54) is 0 Å². The standard InChI is InChI=1S/C13H14N4O4/c1-7(6-10(18)19)8-2-4-9(5-3-8)15-13(20)11-12(14)17-21-16-11/h2-5,7H,6H2,1H3,(H2,14,17)(H,15,20)(H,18,19). The summed E-state index contributed by atoms with van der Waals surface area (Å²) in [6.07, 6.45) is 0.0485. The Hall–Kier alpha value is -2.90. The van der Waals surface area contributed by atoms with Crippen LogP contribution < -0.4 is 11.1 Å². The molecule has 0 radical (unpaired) electrons. The van der Waals surface area contributed by atoms with E-state index in [-0.39, 0.29) is 23.9 Å². The van der Waals surface area contributed by atoms with Crippen LogP contribution in [0.4, 0.5) is 11.5 Å². The fourth-order valence-corrected chi connectivity index (χ4v) is 1.82. The number of rotatable bonds is 5. The van der Waals surface area contributed by atoms with E-state index in [2.05, 4.69) is 20.3 Å². The van der Waals surface area contributed by atoms with Gasteiger partial charge in [0.1, 0.15) is 0 Å². The zero-order valence-electron chi connectivity index (χ0n) is 11.2. The number of nitrogens with two attached hydrogens (primary N) is 1. The molecule has 0 aliphatic rings. The molecule has 4 N–H and O–H groups in total. The van der Waals surface area contributed by atoms with Crippen LogP contribution in [-0.2, 0) is 4.79 Å². The van der Waals surface area contributed by atoms with Crippen molar-refractivity contribution in [2.45, 2.75) is 19.3 Å². The molecule has 8 heteroatoms. The molecule has 1 unspecified atom stereocenters. The predicted molar refractivity (Wildman–Crippen MR) is 73.8 cm³/mol. The number of carbonyl (C=O) groups is 2. The molecule has 2 rings (SSSR count). The van der Waals surface area contributed by atoms with Crippen molar-refractivity contribution >= 4 is 23.4 Å². The highest BCUT2D eigenvalue weighted by molar-refractivity contribution is 6.05. The number of hydrogen-bond acceptors (Lipinski definition) is 6. The first-order chi connectivity index (χ1) is 9.97. The molecule has 1 amide bonds. The van der Waals surface area contributed by atoms with Crippen LogP contribution in [0.1, 0.15) is 35.3 Å². The lowest BCUT2D eigenvalue weighted by Crippen LogP contribution is -2.14. The molecule has 21 heavy (non-hydrogen) atoms. The first-order valence-corrected chi connectivity index (χ1v) is 6.18. The molecule has 8 nitrogen and oxygen atoms in total. The van der Waals surface area contributed by atoms with Crippen LogP contribution >= 0.6 is 0 Å². The van der Waals surface area contributed by atoms with Gasteiger partial charge in [-0.15, -0.1) is 0 Å². The molecule has 0 fully saturated rings. The van der Waals surface area contributed by atoms with Gasteiger partial charge in [-0.1, -0.05) is 19.1 Å². The van der Waals surface area contributed by atoms with Gasteiger partial charge in [0.2, 0.25) is 11.5 Å². The normalized spacial score (nSPS) is 11.9. The number of carboxylic acid groups (broad SMARTS) is 1. The number of anilines is 2. The first kappa shape index (κ1) is 14.5. The van der Waals surface area contributed by atoms with Gasteiger partial charge in [-0.2, -0.15) is 0 Å². The molecule has 0 bridgehead atoms. The molecule has 110 valence electrons. The van der Waals surface area contributed by atoms with Gasteiger partial charge in [0.15, 0.2) is 0 Å². The van der Waals surface area contributed by atoms with E-state index in [0.717, 1.165) is 5.56 Å². The summed E-state index contributed by atoms with van der Waals surface area (Å²) in [5, 5.41) is 18.1. The summed E-state index contributed by atoms with van der Waals surface area (Å²) >= 11 is 0. The van der Waals surface area contributed by atoms with Gasteiger partial charge in [0.05, 0.1) is 6.42 Å². The lowest BCUT2D eigenvalue weighted by molar-refractivity contribution is -0.137. The fraction of sp³-hybridized carbons (Fsp3) is 0.231. The third-order valence-electron chi connectivity index (χ3n) is 2.95. The van der Waals surface area contributed by atoms with Crippen LogP contribution in [0.3, 0.4) is 0 Å². The van der Waals surface area contributed by atoms with Gasteiger partial charge in [-0.25, -0.2) is 4.63 Å². The summed E-state index contributed by atoms with van der Waals surface area (Å²) in [6.45, 7) is 1.82. The van der Waals surface area contributed by atoms with E-state index in [4.69, 9.17) is 10.8 Å². The molecular weight excluding hydrogens is 276 g/mol. The van der Waals surface area contributed by atoms with Crippen molar-refractivity contribution in [3.63, 3.8) is 0 Å². The Labute approximate surface area is 119 Å². The van der Waals surface area contributed by atoms with Crippen molar-refractivity contribution in [1.29, 1.82) is 0 Å². The highest BCUT2D eigenvalue weighted by atomic mass is 16.6. The predicted octanol–water partition coefficient (Wildman–Crippen LogP) is 1.48. The van der Waals surface area contributed by atoms with Crippen molar-refractivity contribution < 1.29 is 19.3 Å². The van der Waals surface area contributed by atoms with Crippen LogP contribution in [0.15, 0.2) is 28.9 Å². The Morgan fingerprint density at radius 1 is 1.33 bits per heavy atom. The van der Waals surface area contributed by atoms with Crippen molar-refractivity contribution in [3.05, 3.63) is 35.5 Å². The van der Waals surface area contributed by atoms with Gasteiger partial charge < -0.3 is 16.2 Å². The maximum atomic E-state index is 11.8. The van der Waals surface area contributed by atoms with E-state index in [1.54, 1.807) is 24.3 Å². The fourth-order valence-electron chi connectivity index (χ4n) is 1.82. The van der Waals surface area contributed by atoms with Crippen molar-refractivity contribution in [2.75, 3.05) is 11.1 Å². The van der Waals surface area contributed by atoms with Crippen molar-refractivity contribution in [1.82, 2.24) is 10.3 Å². The Morgan fingerprint density at radius 2 is 2.00 bits per heavy atom. The average Bonchev–Trinajstić information content (AvgIpc) is 2.85. The van der Waals surface area contributed by atoms with E-state index in [9.17, 15) is 9.59 Å². The average molecular weight is 290 g/mol. The second-order valence-corrected chi connectivity index (χ2v) is 4.57. The minimum absolute atomic E-state index is 0.0485. The first-order valence-electron chi connectivity index (χ1n) is 6.18. The number of carboxylic acids is 1. The van der Waals surface area contributed by atoms with Crippen molar-refractivity contribution in [2.24, 2.45) is 0 Å². The Morgan fingerprint density at radius 3 is 2.52 bits per heavy atom. The quantitative estimate of drug-likeness (QED) is 0.759. The van der Waals surface area contributed by atoms with Crippen molar-refractivity contribution in [3.8, 4) is 0 Å². The molecule has 0 aliphatic heterocycles. The number of carbonyl (C=O) groups excluding carboxylic acids is 1. The minimum atomic E-state index is -0.853. The molecule has 0 spiro atoms. The summed E-state index contributed by atoms with van der Waals surface area (Å²) in [5.41, 5.74) is 6.75. The number of nitrogen functional groups attached to an aromatic ring is 1. The Bertz CT molecular complexity index is 650. The molecule has 0 saturated heterocycles. The summed E-state index contributed by atoms with van der Waals surface area (Å²) < 4.78 is 4.35. The minimum Gasteiger partial charge on any atom is -0.481 e. The van der Waals surface area contributed by atoms with Gasteiger partial charge in [-0.05, 0) is 33.9 Å². The molecule has 2 aromatic rings. The third kappa shape index (κ3) is 3.56. The summed E-state index contributed by atoms with van der Waals surface area (Å²) in [6, 6.07) is 6.87. The molecule has 1 aromatic carbocycles. The van der Waals surface area contributed by atoms with Gasteiger partial charge in [0.25, 0.3) is 5.91 Å². The third-order valence-corrected chi connectivity index (χ3v) is 2.95. The summed E-state index contributed by atoms with van der Waals surface area (Å²) in [5.74, 6) is -1.57. The molecule has 1 aromatic heterocycles. The number of nitrogens with zero attached hydrogens (tertiary/aromatic N) is 2. The second kappa shape index (κ2) is 6.04. The van der Waals surface area contributed by atoms with Gasteiger partial charge in [0, 0.05) is 5.69 Å². The highest BCUT2D eigenvalue weighted by Gasteiger charge is 2.16. The van der Waals surface area contributed by atoms with E-state index in [0.29, 0.717) is 5.69 Å². The largest absolute Gasteiger partial charge is 0.481 e. The molecule has 1 heterocycles. The van der Waals surface area contributed by atoms with Crippen LogP contribution in [0.2, 0.25) is 0 Å². The Kier molecular flexibility index (Phi) is 4.17. The molecule has 0 saturated carbocycles. The van der Waals surface area contributed by atoms with E-state index in [1.807, 2.05) is 6.92 Å². The Balaban J connectivity index is 2.04. The zero-order chi connectivity index (χ0) is 15.4. The topological polar surface area (TPSA) is 131 Å². The smallest absolute Gasteiger partial charge is 0.303 e. The van der Waals surface area contributed by atoms with Crippen LogP contribution in [0.25, 0.3) is 0 Å². The highest BCUT2D eigenvalue weighted by Crippen LogP contribution is 2.21. The zero-order valence-corrected chi connectivity index (χ0v) is 11.2. The van der Waals surface area contributed by atoms with Crippen LogP contribution in [-0.4, -0.2) is 27.3 Å². The summed E-state index contributed by atoms with van der Waals surface area (Å²) in [4.78, 5) is 22.5. The van der Waals surface area contributed by atoms with E-state index < -0.39 is 11.9 Å². The molecular formula is C13H14N4O4. The van der Waals surface area contributed by atoms with Crippen LogP contribution in [0, 0.1) is 0 Å². The lowest BCUT2D eigenvalue weighted by atomic mass is 9.98. The number of amides is 1. The molecule has 1 atom stereocenters. The maximum absolute atomic E-state index is 11.8. The second-order valence-electron chi connectivity index (χ2n) is 4.57. The van der Waals surface area contributed by atoms with Gasteiger partial charge >= 0.3 is 5.97 Å². The number of aliphatic carboxylic acids is 1. The van der Waals surface area contributed by atoms with Crippen LogP contribution in [0.5, 0.6) is 0 Å². The van der Waals surface area contributed by atoms with E-state index >= 15 is 0 Å². The number of aromatic nitrogens is 2. The summed E-state index contributed by atoms with van der Waals surface area (Å²) in [7, 11) is 0. The number of benzene rings is 1. The number of hydrogen-bond donors (Lipinski definition) is 3. The van der Waals surface area contributed by atoms with Gasteiger partial charge in [-0.3, -0.25) is 9.59 Å². The monoisotopic (exact) mass is 290 g/mol. The SMILES string of the molecule is CC(CC(=O)O)c1ccc(NC(=O)c2nonc2N)cc1. The lowest BCUT2D eigenvalue weighted by Gasteiger charge is -2.10.